The average Bonchev–Trinajstić information content (AvgIpc) is 2.76. The van der Waals surface area contributed by atoms with Crippen molar-refractivity contribution in [3.8, 4) is 0 Å². The summed E-state index contributed by atoms with van der Waals surface area (Å²) in [6.07, 6.45) is 2.45. The zero-order valence-electron chi connectivity index (χ0n) is 10.6. The predicted octanol–water partition coefficient (Wildman–Crippen LogP) is 2.01. The molecule has 0 aliphatic carbocycles. The van der Waals surface area contributed by atoms with Gasteiger partial charge in [-0.25, -0.2) is 4.98 Å². The van der Waals surface area contributed by atoms with Gasteiger partial charge in [-0.2, -0.15) is 5.10 Å². The molecule has 5 heteroatoms. The largest absolute Gasteiger partial charge is 0.319 e. The van der Waals surface area contributed by atoms with Crippen LogP contribution < -0.4 is 5.32 Å². The van der Waals surface area contributed by atoms with Crippen molar-refractivity contribution in [1.82, 2.24) is 20.1 Å². The molecule has 1 aromatic carbocycles. The molecule has 1 atom stereocenters. The number of nitrogens with zero attached hydrogens (tertiary/aromatic N) is 3. The van der Waals surface area contributed by atoms with E-state index in [4.69, 9.17) is 11.6 Å². The van der Waals surface area contributed by atoms with Crippen molar-refractivity contribution in [3.63, 3.8) is 0 Å². The van der Waals surface area contributed by atoms with Crippen LogP contribution in [0.4, 0.5) is 0 Å². The Morgan fingerprint density at radius 2 is 2.06 bits per heavy atom. The Balaban J connectivity index is 2.18. The first kappa shape index (κ1) is 13.1. The molecule has 0 bridgehead atoms. The molecule has 0 radical (unpaired) electrons. The van der Waals surface area contributed by atoms with Gasteiger partial charge in [0.25, 0.3) is 0 Å². The third-order valence-corrected chi connectivity index (χ3v) is 3.28. The summed E-state index contributed by atoms with van der Waals surface area (Å²) in [5, 5.41) is 8.09. The summed E-state index contributed by atoms with van der Waals surface area (Å²) in [6, 6.07) is 7.99. The third kappa shape index (κ3) is 3.09. The molecule has 96 valence electrons. The minimum Gasteiger partial charge on any atom is -0.319 e. The molecule has 4 nitrogen and oxygen atoms in total. The van der Waals surface area contributed by atoms with Crippen molar-refractivity contribution in [2.45, 2.75) is 12.3 Å². The first-order valence-electron chi connectivity index (χ1n) is 5.93. The van der Waals surface area contributed by atoms with Crippen LogP contribution in [0.2, 0.25) is 5.02 Å². The van der Waals surface area contributed by atoms with E-state index in [0.29, 0.717) is 5.92 Å². The van der Waals surface area contributed by atoms with E-state index in [1.807, 2.05) is 30.9 Å². The average molecular weight is 265 g/mol. The number of aryl methyl sites for hydroxylation is 1. The fourth-order valence-corrected chi connectivity index (χ4v) is 2.14. The van der Waals surface area contributed by atoms with Gasteiger partial charge in [0.1, 0.15) is 12.2 Å². The van der Waals surface area contributed by atoms with Crippen LogP contribution in [0, 0.1) is 0 Å². The molecule has 0 aliphatic rings. The van der Waals surface area contributed by atoms with Gasteiger partial charge in [0.15, 0.2) is 0 Å². The van der Waals surface area contributed by atoms with Crippen LogP contribution in [0.25, 0.3) is 0 Å². The molecule has 0 fully saturated rings. The lowest BCUT2D eigenvalue weighted by atomic mass is 9.95. The molecule has 1 heterocycles. The summed E-state index contributed by atoms with van der Waals surface area (Å²) in [4.78, 5) is 4.28. The highest BCUT2D eigenvalue weighted by atomic mass is 35.5. The van der Waals surface area contributed by atoms with Gasteiger partial charge in [0.2, 0.25) is 0 Å². The monoisotopic (exact) mass is 264 g/mol. The number of halogens is 1. The van der Waals surface area contributed by atoms with Gasteiger partial charge in [-0.15, -0.1) is 0 Å². The van der Waals surface area contributed by atoms with Crippen molar-refractivity contribution in [2.75, 3.05) is 13.6 Å². The Bertz CT molecular complexity index is 492. The molecule has 0 aliphatic heterocycles. The smallest absolute Gasteiger partial charge is 0.138 e. The number of hydrogen-bond donors (Lipinski definition) is 1. The molecule has 0 amide bonds. The van der Waals surface area contributed by atoms with Crippen molar-refractivity contribution in [3.05, 3.63) is 47.0 Å². The number of likely N-dealkylation sites (N-methyl/N-ethyl adjacent to an activating group) is 1. The van der Waals surface area contributed by atoms with Crippen molar-refractivity contribution in [1.29, 1.82) is 0 Å². The number of hydrogen-bond acceptors (Lipinski definition) is 3. The molecule has 1 N–H and O–H groups in total. The van der Waals surface area contributed by atoms with E-state index in [1.165, 1.54) is 5.56 Å². The molecule has 18 heavy (non-hydrogen) atoms. The normalized spacial score (nSPS) is 12.6. The lowest BCUT2D eigenvalue weighted by Crippen LogP contribution is -2.20. The van der Waals surface area contributed by atoms with Crippen LogP contribution in [0.1, 0.15) is 17.3 Å². The molecular weight excluding hydrogens is 248 g/mol. The SMILES string of the molecule is CNCC(Cc1ncnn1C)c1ccc(Cl)cc1. The third-order valence-electron chi connectivity index (χ3n) is 3.03. The Hall–Kier alpha value is -1.39. The van der Waals surface area contributed by atoms with E-state index in [-0.39, 0.29) is 0 Å². The second-order valence-electron chi connectivity index (χ2n) is 4.31. The molecule has 1 aromatic heterocycles. The van der Waals surface area contributed by atoms with Crippen molar-refractivity contribution in [2.24, 2.45) is 7.05 Å². The summed E-state index contributed by atoms with van der Waals surface area (Å²) in [5.74, 6) is 1.36. The summed E-state index contributed by atoms with van der Waals surface area (Å²) in [5.41, 5.74) is 1.26. The van der Waals surface area contributed by atoms with E-state index in [9.17, 15) is 0 Å². The van der Waals surface area contributed by atoms with E-state index >= 15 is 0 Å². The van der Waals surface area contributed by atoms with E-state index in [0.717, 1.165) is 23.8 Å². The topological polar surface area (TPSA) is 42.7 Å². The minimum atomic E-state index is 0.371. The van der Waals surface area contributed by atoms with Gasteiger partial charge >= 0.3 is 0 Å². The minimum absolute atomic E-state index is 0.371. The standard InChI is InChI=1S/C13H17ClN4/c1-15-8-11(7-13-16-9-17-18(13)2)10-3-5-12(14)6-4-10/h3-6,9,11,15H,7-8H2,1-2H3. The molecule has 2 rings (SSSR count). The summed E-state index contributed by atoms with van der Waals surface area (Å²) >= 11 is 5.92. The Labute approximate surface area is 112 Å². The first-order valence-corrected chi connectivity index (χ1v) is 6.31. The Kier molecular flexibility index (Phi) is 4.33. The molecular formula is C13H17ClN4. The highest BCUT2D eigenvalue weighted by Crippen LogP contribution is 2.21. The fraction of sp³-hybridized carbons (Fsp3) is 0.385. The molecule has 1 unspecified atom stereocenters. The van der Waals surface area contributed by atoms with Gasteiger partial charge in [-0.05, 0) is 24.7 Å². The van der Waals surface area contributed by atoms with Gasteiger partial charge in [0, 0.05) is 31.0 Å². The Morgan fingerprint density at radius 1 is 1.33 bits per heavy atom. The van der Waals surface area contributed by atoms with Crippen LogP contribution in [-0.4, -0.2) is 28.4 Å². The second-order valence-corrected chi connectivity index (χ2v) is 4.75. The lowest BCUT2D eigenvalue weighted by molar-refractivity contribution is 0.583. The number of benzene rings is 1. The number of rotatable bonds is 5. The van der Waals surface area contributed by atoms with E-state index in [1.54, 1.807) is 6.33 Å². The molecule has 2 aromatic rings. The Morgan fingerprint density at radius 3 is 2.61 bits per heavy atom. The van der Waals surface area contributed by atoms with Gasteiger partial charge in [-0.1, -0.05) is 23.7 Å². The van der Waals surface area contributed by atoms with Crippen LogP contribution in [-0.2, 0) is 13.5 Å². The van der Waals surface area contributed by atoms with Crippen molar-refractivity contribution < 1.29 is 0 Å². The van der Waals surface area contributed by atoms with E-state index in [2.05, 4.69) is 27.5 Å². The molecule has 0 saturated heterocycles. The first-order chi connectivity index (χ1) is 8.70. The summed E-state index contributed by atoms with van der Waals surface area (Å²) in [6.45, 7) is 0.897. The predicted molar refractivity (Wildman–Crippen MR) is 72.8 cm³/mol. The fourth-order valence-electron chi connectivity index (χ4n) is 2.01. The van der Waals surface area contributed by atoms with Crippen LogP contribution in [0.15, 0.2) is 30.6 Å². The van der Waals surface area contributed by atoms with Gasteiger partial charge in [-0.3, -0.25) is 4.68 Å². The highest BCUT2D eigenvalue weighted by Gasteiger charge is 2.14. The molecule has 0 spiro atoms. The summed E-state index contributed by atoms with van der Waals surface area (Å²) < 4.78 is 1.82. The lowest BCUT2D eigenvalue weighted by Gasteiger charge is -2.16. The zero-order chi connectivity index (χ0) is 13.0. The number of aromatic nitrogens is 3. The number of nitrogens with one attached hydrogen (secondary N) is 1. The van der Waals surface area contributed by atoms with Crippen LogP contribution in [0.3, 0.4) is 0 Å². The van der Waals surface area contributed by atoms with Gasteiger partial charge in [0.05, 0.1) is 0 Å². The quantitative estimate of drug-likeness (QED) is 0.898. The maximum absolute atomic E-state index is 5.92. The van der Waals surface area contributed by atoms with Gasteiger partial charge < -0.3 is 5.32 Å². The summed E-state index contributed by atoms with van der Waals surface area (Å²) in [7, 11) is 3.88. The maximum atomic E-state index is 5.92. The maximum Gasteiger partial charge on any atom is 0.138 e. The highest BCUT2D eigenvalue weighted by molar-refractivity contribution is 6.30. The van der Waals surface area contributed by atoms with E-state index < -0.39 is 0 Å². The molecule has 0 saturated carbocycles. The zero-order valence-corrected chi connectivity index (χ0v) is 11.4. The van der Waals surface area contributed by atoms with Crippen LogP contribution in [0.5, 0.6) is 0 Å². The van der Waals surface area contributed by atoms with Crippen LogP contribution >= 0.6 is 11.6 Å². The second kappa shape index (κ2) is 5.98. The van der Waals surface area contributed by atoms with Crippen molar-refractivity contribution >= 4 is 11.6 Å².